The number of rotatable bonds is 10. The maximum atomic E-state index is 4.37. The van der Waals surface area contributed by atoms with E-state index in [4.69, 9.17) is 0 Å². The molecule has 0 bridgehead atoms. The van der Waals surface area contributed by atoms with Gasteiger partial charge in [0.15, 0.2) is 5.96 Å². The second-order valence-electron chi connectivity index (χ2n) is 7.25. The lowest BCUT2D eigenvalue weighted by atomic mass is 9.94. The summed E-state index contributed by atoms with van der Waals surface area (Å²) in [5.41, 5.74) is 0. The fourth-order valence-electron chi connectivity index (χ4n) is 3.41. The van der Waals surface area contributed by atoms with Crippen LogP contribution >= 0.6 is 24.0 Å². The summed E-state index contributed by atoms with van der Waals surface area (Å²) in [4.78, 5) is 9.30. The molecule has 0 spiro atoms. The van der Waals surface area contributed by atoms with Crippen LogP contribution in [0.5, 0.6) is 0 Å². The SMILES string of the molecule is CCN(CC)CCCC(C)NC(=NC)NCCC1CCN(C)CC1.I. The molecule has 6 heteroatoms. The fourth-order valence-corrected chi connectivity index (χ4v) is 3.41. The van der Waals surface area contributed by atoms with E-state index in [0.29, 0.717) is 6.04 Å². The zero-order valence-corrected chi connectivity index (χ0v) is 19.5. The molecule has 150 valence electrons. The van der Waals surface area contributed by atoms with Crippen molar-refractivity contribution in [1.82, 2.24) is 20.4 Å². The van der Waals surface area contributed by atoms with Crippen LogP contribution in [0.15, 0.2) is 4.99 Å². The molecule has 0 saturated carbocycles. The lowest BCUT2D eigenvalue weighted by Gasteiger charge is -2.29. The molecule has 1 rings (SSSR count). The van der Waals surface area contributed by atoms with E-state index in [9.17, 15) is 0 Å². The second kappa shape index (κ2) is 15.0. The molecular formula is C19H42IN5. The number of hydrogen-bond acceptors (Lipinski definition) is 3. The molecule has 1 aliphatic heterocycles. The van der Waals surface area contributed by atoms with Crippen molar-refractivity contribution >= 4 is 29.9 Å². The van der Waals surface area contributed by atoms with E-state index in [0.717, 1.165) is 31.5 Å². The van der Waals surface area contributed by atoms with E-state index in [-0.39, 0.29) is 24.0 Å². The average molecular weight is 467 g/mol. The number of guanidine groups is 1. The Kier molecular flexibility index (Phi) is 15.0. The molecule has 0 aromatic heterocycles. The molecule has 0 aliphatic carbocycles. The Balaban J connectivity index is 0.00000576. The van der Waals surface area contributed by atoms with Gasteiger partial charge in [-0.25, -0.2) is 0 Å². The minimum Gasteiger partial charge on any atom is -0.356 e. The van der Waals surface area contributed by atoms with E-state index >= 15 is 0 Å². The third-order valence-electron chi connectivity index (χ3n) is 5.30. The first kappa shape index (κ1) is 24.9. The van der Waals surface area contributed by atoms with E-state index in [1.807, 2.05) is 7.05 Å². The van der Waals surface area contributed by atoms with Gasteiger partial charge in [0.25, 0.3) is 0 Å². The summed E-state index contributed by atoms with van der Waals surface area (Å²) in [6.45, 7) is 13.8. The highest BCUT2D eigenvalue weighted by Gasteiger charge is 2.16. The van der Waals surface area contributed by atoms with Crippen LogP contribution in [0.2, 0.25) is 0 Å². The molecule has 1 aliphatic rings. The number of nitrogens with zero attached hydrogens (tertiary/aromatic N) is 3. The molecular weight excluding hydrogens is 425 g/mol. The van der Waals surface area contributed by atoms with Crippen molar-refractivity contribution in [3.05, 3.63) is 0 Å². The summed E-state index contributed by atoms with van der Waals surface area (Å²) in [7, 11) is 4.09. The summed E-state index contributed by atoms with van der Waals surface area (Å²) < 4.78 is 0. The third-order valence-corrected chi connectivity index (χ3v) is 5.30. The zero-order chi connectivity index (χ0) is 17.8. The normalized spacial score (nSPS) is 18.1. The van der Waals surface area contributed by atoms with Gasteiger partial charge in [-0.3, -0.25) is 4.99 Å². The first-order valence-electron chi connectivity index (χ1n) is 9.97. The van der Waals surface area contributed by atoms with Gasteiger partial charge < -0.3 is 20.4 Å². The van der Waals surface area contributed by atoms with Crippen LogP contribution < -0.4 is 10.6 Å². The Morgan fingerprint density at radius 2 is 1.88 bits per heavy atom. The highest BCUT2D eigenvalue weighted by molar-refractivity contribution is 14.0. The number of nitrogens with one attached hydrogen (secondary N) is 2. The van der Waals surface area contributed by atoms with Crippen LogP contribution in [0.4, 0.5) is 0 Å². The summed E-state index contributed by atoms with van der Waals surface area (Å²) in [6, 6.07) is 0.468. The van der Waals surface area contributed by atoms with Gasteiger partial charge in [-0.2, -0.15) is 0 Å². The molecule has 0 amide bonds. The van der Waals surface area contributed by atoms with Crippen LogP contribution in [-0.4, -0.2) is 75.2 Å². The molecule has 0 aromatic carbocycles. The predicted molar refractivity (Wildman–Crippen MR) is 121 cm³/mol. The number of aliphatic imine (C=N–C) groups is 1. The zero-order valence-electron chi connectivity index (χ0n) is 17.2. The fraction of sp³-hybridized carbons (Fsp3) is 0.947. The predicted octanol–water partition coefficient (Wildman–Crippen LogP) is 3.01. The minimum atomic E-state index is 0. The van der Waals surface area contributed by atoms with E-state index in [1.54, 1.807) is 0 Å². The van der Waals surface area contributed by atoms with Gasteiger partial charge in [-0.1, -0.05) is 13.8 Å². The molecule has 0 radical (unpaired) electrons. The average Bonchev–Trinajstić information content (AvgIpc) is 2.59. The number of piperidine rings is 1. The standard InChI is InChI=1S/C19H41N5.HI/c1-6-24(7-2)14-8-9-17(3)22-19(20-4)21-13-10-18-11-15-23(5)16-12-18;/h17-18H,6-16H2,1-5H3,(H2,20,21,22);1H. The monoisotopic (exact) mass is 467 g/mol. The minimum absolute atomic E-state index is 0. The van der Waals surface area contributed by atoms with Crippen LogP contribution in [-0.2, 0) is 0 Å². The Morgan fingerprint density at radius 3 is 2.44 bits per heavy atom. The van der Waals surface area contributed by atoms with Gasteiger partial charge in [0.1, 0.15) is 0 Å². The van der Waals surface area contributed by atoms with Gasteiger partial charge in [-0.15, -0.1) is 24.0 Å². The van der Waals surface area contributed by atoms with Crippen molar-refractivity contribution in [3.8, 4) is 0 Å². The highest BCUT2D eigenvalue weighted by Crippen LogP contribution is 2.18. The molecule has 1 atom stereocenters. The molecule has 1 unspecified atom stereocenters. The summed E-state index contributed by atoms with van der Waals surface area (Å²) >= 11 is 0. The maximum Gasteiger partial charge on any atom is 0.191 e. The highest BCUT2D eigenvalue weighted by atomic mass is 127. The van der Waals surface area contributed by atoms with E-state index < -0.39 is 0 Å². The van der Waals surface area contributed by atoms with Crippen molar-refractivity contribution < 1.29 is 0 Å². The van der Waals surface area contributed by atoms with Gasteiger partial charge in [0.2, 0.25) is 0 Å². The lowest BCUT2D eigenvalue weighted by molar-refractivity contribution is 0.213. The lowest BCUT2D eigenvalue weighted by Crippen LogP contribution is -2.43. The summed E-state index contributed by atoms with van der Waals surface area (Å²) in [6.07, 6.45) is 6.36. The van der Waals surface area contributed by atoms with Crippen molar-refractivity contribution in [1.29, 1.82) is 0 Å². The van der Waals surface area contributed by atoms with Gasteiger partial charge in [-0.05, 0) is 84.7 Å². The molecule has 2 N–H and O–H groups in total. The second-order valence-corrected chi connectivity index (χ2v) is 7.25. The van der Waals surface area contributed by atoms with Gasteiger partial charge in [0.05, 0.1) is 0 Å². The molecule has 1 fully saturated rings. The van der Waals surface area contributed by atoms with Gasteiger partial charge >= 0.3 is 0 Å². The van der Waals surface area contributed by atoms with E-state index in [1.165, 1.54) is 51.7 Å². The first-order valence-corrected chi connectivity index (χ1v) is 9.97. The summed E-state index contributed by atoms with van der Waals surface area (Å²) in [5, 5.41) is 7.03. The number of hydrogen-bond donors (Lipinski definition) is 2. The Bertz CT molecular complexity index is 339. The van der Waals surface area contributed by atoms with E-state index in [2.05, 4.69) is 53.2 Å². The molecule has 1 heterocycles. The number of likely N-dealkylation sites (tertiary alicyclic amines) is 1. The Morgan fingerprint density at radius 1 is 1.24 bits per heavy atom. The largest absolute Gasteiger partial charge is 0.356 e. The van der Waals surface area contributed by atoms with Crippen molar-refractivity contribution in [3.63, 3.8) is 0 Å². The maximum absolute atomic E-state index is 4.37. The topological polar surface area (TPSA) is 42.9 Å². The molecule has 0 aromatic rings. The molecule has 1 saturated heterocycles. The molecule has 25 heavy (non-hydrogen) atoms. The van der Waals surface area contributed by atoms with Gasteiger partial charge in [0, 0.05) is 19.6 Å². The van der Waals surface area contributed by atoms with Crippen LogP contribution in [0.25, 0.3) is 0 Å². The van der Waals surface area contributed by atoms with Crippen molar-refractivity contribution in [2.75, 3.05) is 53.4 Å². The first-order chi connectivity index (χ1) is 11.6. The Hall–Kier alpha value is -0.0800. The quantitative estimate of drug-likeness (QED) is 0.295. The smallest absolute Gasteiger partial charge is 0.191 e. The van der Waals surface area contributed by atoms with Crippen LogP contribution in [0, 0.1) is 5.92 Å². The third kappa shape index (κ3) is 11.3. The van der Waals surface area contributed by atoms with Crippen LogP contribution in [0.3, 0.4) is 0 Å². The van der Waals surface area contributed by atoms with Crippen LogP contribution in [0.1, 0.15) is 52.9 Å². The van der Waals surface area contributed by atoms with Crippen molar-refractivity contribution in [2.24, 2.45) is 10.9 Å². The summed E-state index contributed by atoms with van der Waals surface area (Å²) in [5.74, 6) is 1.83. The van der Waals surface area contributed by atoms with Crippen molar-refractivity contribution in [2.45, 2.75) is 58.9 Å². The Labute approximate surface area is 173 Å². The number of halogens is 1. The molecule has 5 nitrogen and oxygen atoms in total.